The summed E-state index contributed by atoms with van der Waals surface area (Å²) in [5.74, 6) is 0. The van der Waals surface area contributed by atoms with Crippen LogP contribution in [-0.4, -0.2) is 0 Å². The van der Waals surface area contributed by atoms with Gasteiger partial charge in [-0.15, -0.1) is 0 Å². The van der Waals surface area contributed by atoms with Crippen molar-refractivity contribution in [3.8, 4) is 0 Å². The zero-order valence-electron chi connectivity index (χ0n) is 11.5. The Morgan fingerprint density at radius 3 is 2.17 bits per heavy atom. The summed E-state index contributed by atoms with van der Waals surface area (Å²) in [5, 5.41) is 3.49. The van der Waals surface area contributed by atoms with Crippen molar-refractivity contribution in [3.05, 3.63) is 52.6 Å². The molecule has 0 saturated heterocycles. The predicted octanol–water partition coefficient (Wildman–Crippen LogP) is 4.25. The Morgan fingerprint density at radius 1 is 0.778 bits per heavy atom. The highest BCUT2D eigenvalue weighted by Gasteiger charge is 2.06. The van der Waals surface area contributed by atoms with E-state index in [1.807, 2.05) is 12.1 Å². The Morgan fingerprint density at radius 2 is 1.44 bits per heavy atom. The van der Waals surface area contributed by atoms with Gasteiger partial charge in [0.1, 0.15) is 0 Å². The van der Waals surface area contributed by atoms with Crippen molar-refractivity contribution in [2.24, 2.45) is 0 Å². The normalized spacial score (nSPS) is 10.4. The monoisotopic (exact) mass is 240 g/mol. The number of nitrogen functional groups attached to an aromatic ring is 1. The molecule has 2 aromatic rings. The lowest BCUT2D eigenvalue weighted by molar-refractivity contribution is 1.30. The second-order valence-corrected chi connectivity index (χ2v) is 4.82. The van der Waals surface area contributed by atoms with Gasteiger partial charge in [0.15, 0.2) is 0 Å². The Bertz CT molecular complexity index is 586. The molecule has 0 fully saturated rings. The second-order valence-electron chi connectivity index (χ2n) is 4.82. The van der Waals surface area contributed by atoms with E-state index in [9.17, 15) is 0 Å². The first-order valence-corrected chi connectivity index (χ1v) is 6.19. The fraction of sp³-hybridized carbons (Fsp3) is 0.250. The zero-order valence-corrected chi connectivity index (χ0v) is 11.5. The molecule has 2 heteroatoms. The molecule has 2 aromatic carbocycles. The van der Waals surface area contributed by atoms with Crippen LogP contribution >= 0.6 is 0 Å². The minimum Gasteiger partial charge on any atom is -0.399 e. The smallest absolute Gasteiger partial charge is 0.0418 e. The van der Waals surface area contributed by atoms with Gasteiger partial charge in [-0.25, -0.2) is 0 Å². The van der Waals surface area contributed by atoms with Gasteiger partial charge in [0.05, 0.1) is 0 Å². The molecule has 0 saturated carbocycles. The number of anilines is 3. The topological polar surface area (TPSA) is 38.0 Å². The highest BCUT2D eigenvalue weighted by molar-refractivity contribution is 5.70. The van der Waals surface area contributed by atoms with Crippen LogP contribution in [0.25, 0.3) is 0 Å². The first-order valence-electron chi connectivity index (χ1n) is 6.19. The molecule has 0 radical (unpaired) electrons. The standard InChI is InChI=1S/C16H20N2/c1-10-6-5-7-15(11(10)2)18-16-9-8-14(17)12(3)13(16)4/h5-9,18H,17H2,1-4H3. The predicted molar refractivity (Wildman–Crippen MR) is 79.5 cm³/mol. The summed E-state index contributed by atoms with van der Waals surface area (Å²) < 4.78 is 0. The van der Waals surface area contributed by atoms with Crippen LogP contribution in [-0.2, 0) is 0 Å². The molecular formula is C16H20N2. The highest BCUT2D eigenvalue weighted by atomic mass is 14.9. The van der Waals surface area contributed by atoms with Crippen molar-refractivity contribution in [2.75, 3.05) is 11.1 Å². The maximum Gasteiger partial charge on any atom is 0.0418 e. The SMILES string of the molecule is Cc1cccc(Nc2ccc(N)c(C)c2C)c1C. The van der Waals surface area contributed by atoms with Crippen LogP contribution in [0.2, 0.25) is 0 Å². The van der Waals surface area contributed by atoms with Crippen LogP contribution in [0.3, 0.4) is 0 Å². The minimum atomic E-state index is 0.846. The first kappa shape index (κ1) is 12.5. The number of hydrogen-bond donors (Lipinski definition) is 2. The largest absolute Gasteiger partial charge is 0.399 e. The lowest BCUT2D eigenvalue weighted by atomic mass is 10.0. The molecule has 3 N–H and O–H groups in total. The molecule has 0 spiro atoms. The number of nitrogens with two attached hydrogens (primary N) is 1. The maximum absolute atomic E-state index is 5.91. The number of benzene rings is 2. The van der Waals surface area contributed by atoms with Crippen LogP contribution < -0.4 is 11.1 Å². The van der Waals surface area contributed by atoms with Gasteiger partial charge in [0.25, 0.3) is 0 Å². The summed E-state index contributed by atoms with van der Waals surface area (Å²) in [7, 11) is 0. The molecule has 0 aliphatic rings. The number of hydrogen-bond acceptors (Lipinski definition) is 2. The Kier molecular flexibility index (Phi) is 3.28. The van der Waals surface area contributed by atoms with E-state index in [0.29, 0.717) is 0 Å². The fourth-order valence-corrected chi connectivity index (χ4v) is 2.01. The third kappa shape index (κ3) is 2.19. The summed E-state index contributed by atoms with van der Waals surface area (Å²) in [5.41, 5.74) is 14.0. The fourth-order valence-electron chi connectivity index (χ4n) is 2.01. The molecule has 0 aliphatic carbocycles. The quantitative estimate of drug-likeness (QED) is 0.770. The molecule has 0 atom stereocenters. The molecule has 0 bridgehead atoms. The molecular weight excluding hydrogens is 220 g/mol. The molecule has 0 amide bonds. The summed E-state index contributed by atoms with van der Waals surface area (Å²) in [6, 6.07) is 10.3. The van der Waals surface area contributed by atoms with E-state index in [1.54, 1.807) is 0 Å². The van der Waals surface area contributed by atoms with Crippen LogP contribution in [0.4, 0.5) is 17.1 Å². The lowest BCUT2D eigenvalue weighted by Gasteiger charge is -2.15. The first-order chi connectivity index (χ1) is 8.50. The van der Waals surface area contributed by atoms with E-state index in [1.165, 1.54) is 16.7 Å². The van der Waals surface area contributed by atoms with E-state index in [2.05, 4.69) is 51.2 Å². The third-order valence-electron chi connectivity index (χ3n) is 3.70. The molecule has 0 unspecified atom stereocenters. The summed E-state index contributed by atoms with van der Waals surface area (Å²) >= 11 is 0. The molecule has 94 valence electrons. The van der Waals surface area contributed by atoms with Gasteiger partial charge < -0.3 is 11.1 Å². The average Bonchev–Trinajstić information content (AvgIpc) is 2.35. The van der Waals surface area contributed by atoms with Crippen LogP contribution in [0.15, 0.2) is 30.3 Å². The van der Waals surface area contributed by atoms with Crippen molar-refractivity contribution >= 4 is 17.1 Å². The molecule has 2 nitrogen and oxygen atoms in total. The van der Waals surface area contributed by atoms with Crippen molar-refractivity contribution in [2.45, 2.75) is 27.7 Å². The molecule has 0 heterocycles. The van der Waals surface area contributed by atoms with Crippen molar-refractivity contribution in [1.29, 1.82) is 0 Å². The molecule has 18 heavy (non-hydrogen) atoms. The van der Waals surface area contributed by atoms with E-state index in [4.69, 9.17) is 5.73 Å². The van der Waals surface area contributed by atoms with Crippen molar-refractivity contribution < 1.29 is 0 Å². The van der Waals surface area contributed by atoms with Gasteiger partial charge in [-0.1, -0.05) is 12.1 Å². The lowest BCUT2D eigenvalue weighted by Crippen LogP contribution is -2.00. The van der Waals surface area contributed by atoms with E-state index in [0.717, 1.165) is 22.6 Å². The maximum atomic E-state index is 5.91. The van der Waals surface area contributed by atoms with E-state index < -0.39 is 0 Å². The molecule has 2 rings (SSSR count). The zero-order chi connectivity index (χ0) is 13.3. The Hall–Kier alpha value is -1.96. The number of aryl methyl sites for hydroxylation is 1. The van der Waals surface area contributed by atoms with E-state index >= 15 is 0 Å². The van der Waals surface area contributed by atoms with Crippen molar-refractivity contribution in [3.63, 3.8) is 0 Å². The summed E-state index contributed by atoms with van der Waals surface area (Å²) in [4.78, 5) is 0. The second kappa shape index (κ2) is 4.73. The van der Waals surface area contributed by atoms with Crippen LogP contribution in [0.5, 0.6) is 0 Å². The van der Waals surface area contributed by atoms with Gasteiger partial charge in [-0.05, 0) is 68.1 Å². The average molecular weight is 240 g/mol. The minimum absolute atomic E-state index is 0.846. The number of nitrogens with one attached hydrogen (secondary N) is 1. The van der Waals surface area contributed by atoms with Gasteiger partial charge in [0, 0.05) is 17.1 Å². The van der Waals surface area contributed by atoms with E-state index in [-0.39, 0.29) is 0 Å². The van der Waals surface area contributed by atoms with Gasteiger partial charge in [-0.2, -0.15) is 0 Å². The Labute approximate surface area is 109 Å². The summed E-state index contributed by atoms with van der Waals surface area (Å²) in [6.45, 7) is 8.41. The third-order valence-corrected chi connectivity index (χ3v) is 3.70. The van der Waals surface area contributed by atoms with Crippen LogP contribution in [0, 0.1) is 27.7 Å². The van der Waals surface area contributed by atoms with Gasteiger partial charge in [-0.3, -0.25) is 0 Å². The summed E-state index contributed by atoms with van der Waals surface area (Å²) in [6.07, 6.45) is 0. The van der Waals surface area contributed by atoms with Crippen molar-refractivity contribution in [1.82, 2.24) is 0 Å². The molecule has 0 aromatic heterocycles. The van der Waals surface area contributed by atoms with Gasteiger partial charge >= 0.3 is 0 Å². The number of rotatable bonds is 2. The molecule has 0 aliphatic heterocycles. The Balaban J connectivity index is 2.41. The highest BCUT2D eigenvalue weighted by Crippen LogP contribution is 2.28. The van der Waals surface area contributed by atoms with Gasteiger partial charge in [0.2, 0.25) is 0 Å². The van der Waals surface area contributed by atoms with Crippen LogP contribution in [0.1, 0.15) is 22.3 Å².